The number of nitrogens with one attached hydrogen (secondary N) is 3. The van der Waals surface area contributed by atoms with Gasteiger partial charge in [0.15, 0.2) is 5.75 Å². The fourth-order valence-electron chi connectivity index (χ4n) is 5.06. The molecule has 0 radical (unpaired) electrons. The van der Waals surface area contributed by atoms with Crippen LogP contribution in [0.5, 0.6) is 17.2 Å². The quantitative estimate of drug-likeness (QED) is 0.400. The Bertz CT molecular complexity index is 1420. The number of halogens is 1. The summed E-state index contributed by atoms with van der Waals surface area (Å²) in [6, 6.07) is 7.87. The summed E-state index contributed by atoms with van der Waals surface area (Å²) in [5.74, 6) is -1.53. The molecule has 2 aliphatic heterocycles. The summed E-state index contributed by atoms with van der Waals surface area (Å²) in [7, 11) is 2.83. The van der Waals surface area contributed by atoms with Crippen LogP contribution in [0.25, 0.3) is 0 Å². The highest BCUT2D eigenvalue weighted by molar-refractivity contribution is 6.36. The molecule has 3 amide bonds. The zero-order valence-corrected chi connectivity index (χ0v) is 21.2. The first-order chi connectivity index (χ1) is 17.5. The van der Waals surface area contributed by atoms with E-state index in [-0.39, 0.29) is 27.8 Å². The molecule has 37 heavy (non-hydrogen) atoms. The topological polar surface area (TPSA) is 132 Å². The third-order valence-electron chi connectivity index (χ3n) is 7.10. The Morgan fingerprint density at radius 1 is 1.11 bits per heavy atom. The van der Waals surface area contributed by atoms with Crippen molar-refractivity contribution in [2.75, 3.05) is 19.5 Å². The van der Waals surface area contributed by atoms with Crippen LogP contribution >= 0.6 is 11.6 Å². The Morgan fingerprint density at radius 2 is 1.84 bits per heavy atom. The number of ether oxygens (including phenoxy) is 3. The average Bonchev–Trinajstić information content (AvgIpc) is 3.32. The maximum Gasteiger partial charge on any atom is 0.322 e. The summed E-state index contributed by atoms with van der Waals surface area (Å²) in [4.78, 5) is 51.1. The van der Waals surface area contributed by atoms with Crippen LogP contribution in [-0.4, -0.2) is 43.3 Å². The van der Waals surface area contributed by atoms with Gasteiger partial charge in [0.05, 0.1) is 14.2 Å². The van der Waals surface area contributed by atoms with Gasteiger partial charge in [-0.1, -0.05) is 30.7 Å². The number of hydrogen-bond donors (Lipinski definition) is 3. The van der Waals surface area contributed by atoms with E-state index in [2.05, 4.69) is 16.0 Å². The monoisotopic (exact) mass is 525 g/mol. The summed E-state index contributed by atoms with van der Waals surface area (Å²) in [6.45, 7) is 3.36. The molecule has 11 heteroatoms. The molecule has 0 saturated carbocycles. The van der Waals surface area contributed by atoms with E-state index < -0.39 is 40.6 Å². The minimum Gasteiger partial charge on any atom is -0.496 e. The first kappa shape index (κ1) is 24.6. The molecule has 2 aromatic rings. The van der Waals surface area contributed by atoms with Crippen molar-refractivity contribution in [1.29, 1.82) is 0 Å². The Morgan fingerprint density at radius 3 is 2.46 bits per heavy atom. The van der Waals surface area contributed by atoms with Gasteiger partial charge in [-0.15, -0.1) is 0 Å². The van der Waals surface area contributed by atoms with Crippen molar-refractivity contribution in [3.8, 4) is 17.2 Å². The van der Waals surface area contributed by atoms with E-state index in [1.807, 2.05) is 0 Å². The largest absolute Gasteiger partial charge is 0.496 e. The van der Waals surface area contributed by atoms with E-state index in [0.29, 0.717) is 23.4 Å². The van der Waals surface area contributed by atoms with E-state index in [1.54, 1.807) is 38.1 Å². The van der Waals surface area contributed by atoms with Crippen molar-refractivity contribution in [1.82, 2.24) is 10.6 Å². The first-order valence-electron chi connectivity index (χ1n) is 11.5. The molecule has 1 spiro atoms. The van der Waals surface area contributed by atoms with Crippen LogP contribution in [0.3, 0.4) is 0 Å². The van der Waals surface area contributed by atoms with Gasteiger partial charge in [-0.2, -0.15) is 0 Å². The zero-order valence-electron chi connectivity index (χ0n) is 20.5. The van der Waals surface area contributed by atoms with Crippen LogP contribution in [0.2, 0.25) is 5.02 Å². The minimum atomic E-state index is -1.78. The van der Waals surface area contributed by atoms with Gasteiger partial charge in [-0.3, -0.25) is 19.7 Å². The number of hydrogen-bond acceptors (Lipinski definition) is 8. The number of anilines is 1. The van der Waals surface area contributed by atoms with Gasteiger partial charge in [0, 0.05) is 29.4 Å². The first-order valence-corrected chi connectivity index (χ1v) is 11.9. The van der Waals surface area contributed by atoms with Crippen LogP contribution in [-0.2, 0) is 15.1 Å². The fourth-order valence-corrected chi connectivity index (χ4v) is 5.32. The smallest absolute Gasteiger partial charge is 0.322 e. The molecule has 3 atom stereocenters. The summed E-state index contributed by atoms with van der Waals surface area (Å²) in [6.07, 6.45) is 1.65. The van der Waals surface area contributed by atoms with Crippen molar-refractivity contribution >= 4 is 40.8 Å². The fraction of sp³-hybridized carbons (Fsp3) is 0.308. The van der Waals surface area contributed by atoms with E-state index in [0.717, 1.165) is 0 Å². The normalized spacial score (nSPS) is 26.3. The molecule has 0 aromatic heterocycles. The van der Waals surface area contributed by atoms with E-state index in [9.17, 15) is 19.2 Å². The lowest BCUT2D eigenvalue weighted by atomic mass is 9.74. The van der Waals surface area contributed by atoms with Crippen LogP contribution in [0.1, 0.15) is 36.2 Å². The predicted molar refractivity (Wildman–Crippen MR) is 133 cm³/mol. The SMILES string of the molecule is COc1cc(OC)c2c(c1Cl)OC1(C(=O)C=C(Nc3cccc(C4(C)NC(=O)NC4=O)c3)CC1C)C2=O. The number of urea groups is 1. The highest BCUT2D eigenvalue weighted by atomic mass is 35.5. The zero-order chi connectivity index (χ0) is 26.7. The summed E-state index contributed by atoms with van der Waals surface area (Å²) >= 11 is 6.43. The van der Waals surface area contributed by atoms with Crippen LogP contribution in [0, 0.1) is 5.92 Å². The minimum absolute atomic E-state index is 0.0608. The van der Waals surface area contributed by atoms with Crippen molar-refractivity contribution in [3.05, 3.63) is 58.3 Å². The molecule has 0 bridgehead atoms. The summed E-state index contributed by atoms with van der Waals surface area (Å²) in [5.41, 5.74) is -1.17. The molecule has 192 valence electrons. The number of amides is 3. The lowest BCUT2D eigenvalue weighted by Gasteiger charge is -2.35. The molecule has 2 heterocycles. The Kier molecular flexibility index (Phi) is 5.67. The third kappa shape index (κ3) is 3.54. The summed E-state index contributed by atoms with van der Waals surface area (Å²) < 4.78 is 16.7. The molecule has 3 aliphatic rings. The number of ketones is 2. The van der Waals surface area contributed by atoms with Crippen molar-refractivity contribution in [2.45, 2.75) is 31.4 Å². The van der Waals surface area contributed by atoms with Gasteiger partial charge in [0.2, 0.25) is 17.2 Å². The third-order valence-corrected chi connectivity index (χ3v) is 7.46. The van der Waals surface area contributed by atoms with Gasteiger partial charge in [0.1, 0.15) is 27.6 Å². The number of rotatable bonds is 5. The number of benzene rings is 2. The van der Waals surface area contributed by atoms with Crippen LogP contribution < -0.4 is 30.2 Å². The molecule has 5 rings (SSSR count). The Hall–Kier alpha value is -4.05. The maximum absolute atomic E-state index is 13.6. The van der Waals surface area contributed by atoms with Gasteiger partial charge in [-0.05, 0) is 31.0 Å². The van der Waals surface area contributed by atoms with Gasteiger partial charge < -0.3 is 24.8 Å². The molecule has 1 saturated heterocycles. The standard InChI is InChI=1S/C26H24ClN3O7/c1-12-8-15(28-14-7-5-6-13(9-14)25(2)23(33)29-24(34)30-25)10-18(31)26(12)22(32)19-16(35-3)11-17(36-4)20(27)21(19)37-26/h5-7,9-12,28H,8H2,1-4H3,(H2,29,30,33,34). The second-order valence-electron chi connectivity index (χ2n) is 9.34. The van der Waals surface area contributed by atoms with Gasteiger partial charge in [0.25, 0.3) is 5.91 Å². The highest BCUT2D eigenvalue weighted by Gasteiger charge is 2.60. The lowest BCUT2D eigenvalue weighted by Crippen LogP contribution is -2.55. The molecule has 1 fully saturated rings. The molecular weight excluding hydrogens is 502 g/mol. The number of Topliss-reactive ketones (excluding diaryl/α,β-unsaturated/α-hetero) is 1. The molecule has 1 aliphatic carbocycles. The van der Waals surface area contributed by atoms with Crippen LogP contribution in [0.4, 0.5) is 10.5 Å². The molecule has 2 aromatic carbocycles. The Labute approximate surface area is 217 Å². The number of carbonyl (C=O) groups is 4. The van der Waals surface area contributed by atoms with Gasteiger partial charge >= 0.3 is 6.03 Å². The second kappa shape index (κ2) is 8.52. The number of fused-ring (bicyclic) bond motifs is 1. The van der Waals surface area contributed by atoms with Crippen LogP contribution in [0.15, 0.2) is 42.1 Å². The van der Waals surface area contributed by atoms with Crippen molar-refractivity contribution < 1.29 is 33.4 Å². The van der Waals surface area contributed by atoms with E-state index in [1.165, 1.54) is 26.4 Å². The lowest BCUT2D eigenvalue weighted by molar-refractivity contribution is -0.129. The maximum atomic E-state index is 13.6. The number of methoxy groups -OCH3 is 2. The highest BCUT2D eigenvalue weighted by Crippen LogP contribution is 2.53. The van der Waals surface area contributed by atoms with E-state index >= 15 is 0 Å². The molecular formula is C26H24ClN3O7. The average molecular weight is 526 g/mol. The number of imide groups is 1. The predicted octanol–water partition coefficient (Wildman–Crippen LogP) is 3.33. The van der Waals surface area contributed by atoms with Gasteiger partial charge in [-0.25, -0.2) is 4.79 Å². The second-order valence-corrected chi connectivity index (χ2v) is 9.72. The van der Waals surface area contributed by atoms with Crippen molar-refractivity contribution in [2.24, 2.45) is 5.92 Å². The number of allylic oxidation sites excluding steroid dienone is 1. The number of carbonyl (C=O) groups excluding carboxylic acids is 4. The molecule has 3 unspecified atom stereocenters. The van der Waals surface area contributed by atoms with Crippen molar-refractivity contribution in [3.63, 3.8) is 0 Å². The molecule has 10 nitrogen and oxygen atoms in total. The molecule has 3 N–H and O–H groups in total. The Balaban J connectivity index is 1.45. The van der Waals surface area contributed by atoms with E-state index in [4.69, 9.17) is 25.8 Å². The summed E-state index contributed by atoms with van der Waals surface area (Å²) in [5, 5.41) is 8.16.